The molecule has 2 N–H and O–H groups in total. The Labute approximate surface area is 68.6 Å². The number of rotatable bonds is 1. The fraction of sp³-hybridized carbons (Fsp3) is 0.125. The van der Waals surface area contributed by atoms with Gasteiger partial charge in [0.25, 0.3) is 0 Å². The van der Waals surface area contributed by atoms with Crippen LogP contribution in [0.3, 0.4) is 0 Å². The zero-order valence-electron chi connectivity index (χ0n) is 6.37. The molecule has 0 aliphatic heterocycles. The van der Waals surface area contributed by atoms with E-state index in [4.69, 9.17) is 5.73 Å². The molecule has 0 aliphatic carbocycles. The SMILES string of the molecule is NCc1c(F)ccc2nccn12. The lowest BCUT2D eigenvalue weighted by Crippen LogP contribution is -2.06. The Balaban J connectivity index is 2.83. The molecule has 0 spiro atoms. The maximum Gasteiger partial charge on any atom is 0.144 e. The van der Waals surface area contributed by atoms with Crippen molar-refractivity contribution in [2.45, 2.75) is 6.54 Å². The minimum absolute atomic E-state index is 0.180. The van der Waals surface area contributed by atoms with Gasteiger partial charge in [0, 0.05) is 18.9 Å². The van der Waals surface area contributed by atoms with Gasteiger partial charge in [-0.15, -0.1) is 0 Å². The minimum atomic E-state index is -0.289. The van der Waals surface area contributed by atoms with Gasteiger partial charge in [-0.25, -0.2) is 9.37 Å². The molecule has 0 atom stereocenters. The number of hydrogen-bond donors (Lipinski definition) is 1. The van der Waals surface area contributed by atoms with Crippen molar-refractivity contribution in [1.29, 1.82) is 0 Å². The minimum Gasteiger partial charge on any atom is -0.325 e. The maximum absolute atomic E-state index is 13.1. The molecule has 0 amide bonds. The molecule has 2 aromatic heterocycles. The zero-order chi connectivity index (χ0) is 8.55. The van der Waals surface area contributed by atoms with Crippen LogP contribution in [0.5, 0.6) is 0 Å². The molecule has 0 fully saturated rings. The van der Waals surface area contributed by atoms with Gasteiger partial charge >= 0.3 is 0 Å². The molecule has 0 aliphatic rings. The topological polar surface area (TPSA) is 43.3 Å². The van der Waals surface area contributed by atoms with Crippen LogP contribution < -0.4 is 5.73 Å². The molecule has 3 nitrogen and oxygen atoms in total. The van der Waals surface area contributed by atoms with Crippen molar-refractivity contribution < 1.29 is 4.39 Å². The summed E-state index contributed by atoms with van der Waals surface area (Å²) in [6.07, 6.45) is 3.31. The molecule has 0 bridgehead atoms. The van der Waals surface area contributed by atoms with Crippen molar-refractivity contribution in [3.8, 4) is 0 Å². The van der Waals surface area contributed by atoms with Gasteiger partial charge in [-0.05, 0) is 12.1 Å². The van der Waals surface area contributed by atoms with Crippen molar-refractivity contribution in [1.82, 2.24) is 9.38 Å². The second-order valence-electron chi connectivity index (χ2n) is 2.49. The highest BCUT2D eigenvalue weighted by atomic mass is 19.1. The van der Waals surface area contributed by atoms with E-state index in [0.717, 1.165) is 5.65 Å². The van der Waals surface area contributed by atoms with Crippen LogP contribution in [-0.4, -0.2) is 9.38 Å². The summed E-state index contributed by atoms with van der Waals surface area (Å²) in [5, 5.41) is 0. The largest absolute Gasteiger partial charge is 0.325 e. The third-order valence-electron chi connectivity index (χ3n) is 1.81. The second kappa shape index (κ2) is 2.57. The predicted molar refractivity (Wildman–Crippen MR) is 43.0 cm³/mol. The van der Waals surface area contributed by atoms with Crippen LogP contribution in [0.4, 0.5) is 4.39 Å². The lowest BCUT2D eigenvalue weighted by molar-refractivity contribution is 0.596. The van der Waals surface area contributed by atoms with E-state index in [9.17, 15) is 4.39 Å². The van der Waals surface area contributed by atoms with Crippen LogP contribution in [0, 0.1) is 5.82 Å². The molecule has 4 heteroatoms. The average molecular weight is 165 g/mol. The molecule has 62 valence electrons. The number of aromatic nitrogens is 2. The van der Waals surface area contributed by atoms with Crippen LogP contribution in [0.2, 0.25) is 0 Å². The van der Waals surface area contributed by atoms with Crippen molar-refractivity contribution in [2.75, 3.05) is 0 Å². The number of nitrogens with zero attached hydrogens (tertiary/aromatic N) is 2. The van der Waals surface area contributed by atoms with E-state index in [1.165, 1.54) is 6.07 Å². The highest BCUT2D eigenvalue weighted by Gasteiger charge is 2.04. The number of pyridine rings is 1. The first-order chi connectivity index (χ1) is 5.83. The molecule has 2 heterocycles. The van der Waals surface area contributed by atoms with Crippen molar-refractivity contribution >= 4 is 5.65 Å². The van der Waals surface area contributed by atoms with Gasteiger partial charge in [0.2, 0.25) is 0 Å². The molecule has 0 saturated heterocycles. The summed E-state index contributed by atoms with van der Waals surface area (Å²) >= 11 is 0. The Bertz CT molecular complexity index is 408. The van der Waals surface area contributed by atoms with Crippen molar-refractivity contribution in [3.63, 3.8) is 0 Å². The third kappa shape index (κ3) is 0.887. The number of hydrogen-bond acceptors (Lipinski definition) is 2. The zero-order valence-corrected chi connectivity index (χ0v) is 6.37. The molecule has 0 saturated carbocycles. The van der Waals surface area contributed by atoms with Gasteiger partial charge in [-0.3, -0.25) is 4.40 Å². The first kappa shape index (κ1) is 7.24. The number of halogens is 1. The Kier molecular flexibility index (Phi) is 1.55. The highest BCUT2D eigenvalue weighted by molar-refractivity contribution is 5.40. The van der Waals surface area contributed by atoms with Gasteiger partial charge < -0.3 is 5.73 Å². The first-order valence-electron chi connectivity index (χ1n) is 3.63. The summed E-state index contributed by atoms with van der Waals surface area (Å²) < 4.78 is 14.7. The quantitative estimate of drug-likeness (QED) is 0.683. The van der Waals surface area contributed by atoms with Crippen LogP contribution in [0.1, 0.15) is 5.69 Å². The highest BCUT2D eigenvalue weighted by Crippen LogP contribution is 2.09. The number of imidazole rings is 1. The van der Waals surface area contributed by atoms with Gasteiger partial charge in [0.05, 0.1) is 5.69 Å². The number of fused-ring (bicyclic) bond motifs is 1. The van der Waals surface area contributed by atoms with Crippen molar-refractivity contribution in [3.05, 3.63) is 36.0 Å². The lowest BCUT2D eigenvalue weighted by Gasteiger charge is -2.02. The molecule has 2 rings (SSSR count). The second-order valence-corrected chi connectivity index (χ2v) is 2.49. The molecular weight excluding hydrogens is 157 g/mol. The molecule has 12 heavy (non-hydrogen) atoms. The van der Waals surface area contributed by atoms with E-state index in [-0.39, 0.29) is 12.4 Å². The molecule has 0 aromatic carbocycles. The van der Waals surface area contributed by atoms with Gasteiger partial charge in [-0.2, -0.15) is 0 Å². The molecule has 2 aromatic rings. The van der Waals surface area contributed by atoms with Crippen LogP contribution in [0.15, 0.2) is 24.5 Å². The molecule has 0 radical (unpaired) electrons. The molecule has 0 unspecified atom stereocenters. The fourth-order valence-electron chi connectivity index (χ4n) is 1.22. The molecular formula is C8H8FN3. The maximum atomic E-state index is 13.1. The Morgan fingerprint density at radius 2 is 2.33 bits per heavy atom. The van der Waals surface area contributed by atoms with E-state index in [1.54, 1.807) is 22.9 Å². The van der Waals surface area contributed by atoms with Crippen LogP contribution in [-0.2, 0) is 6.54 Å². The summed E-state index contributed by atoms with van der Waals surface area (Å²) in [7, 11) is 0. The van der Waals surface area contributed by atoms with E-state index >= 15 is 0 Å². The van der Waals surface area contributed by atoms with Crippen molar-refractivity contribution in [2.24, 2.45) is 5.73 Å². The summed E-state index contributed by atoms with van der Waals surface area (Å²) in [6.45, 7) is 0.180. The Hall–Kier alpha value is -1.42. The fourth-order valence-corrected chi connectivity index (χ4v) is 1.22. The Morgan fingerprint density at radius 3 is 3.08 bits per heavy atom. The summed E-state index contributed by atoms with van der Waals surface area (Å²) in [6, 6.07) is 3.00. The normalized spacial score (nSPS) is 10.8. The average Bonchev–Trinajstić information content (AvgIpc) is 2.52. The van der Waals surface area contributed by atoms with Gasteiger partial charge in [0.1, 0.15) is 11.5 Å². The summed E-state index contributed by atoms with van der Waals surface area (Å²) in [5.41, 5.74) is 6.57. The van der Waals surface area contributed by atoms with Crippen LogP contribution in [0.25, 0.3) is 5.65 Å². The number of nitrogens with two attached hydrogens (primary N) is 1. The van der Waals surface area contributed by atoms with E-state index in [1.807, 2.05) is 0 Å². The first-order valence-corrected chi connectivity index (χ1v) is 3.63. The van der Waals surface area contributed by atoms with E-state index in [0.29, 0.717) is 5.69 Å². The lowest BCUT2D eigenvalue weighted by atomic mass is 10.3. The van der Waals surface area contributed by atoms with Gasteiger partial charge in [0.15, 0.2) is 0 Å². The predicted octanol–water partition coefficient (Wildman–Crippen LogP) is 0.932. The summed E-state index contributed by atoms with van der Waals surface area (Å²) in [4.78, 5) is 4.01. The monoisotopic (exact) mass is 165 g/mol. The van der Waals surface area contributed by atoms with E-state index < -0.39 is 0 Å². The van der Waals surface area contributed by atoms with Crippen LogP contribution >= 0.6 is 0 Å². The Morgan fingerprint density at radius 1 is 1.50 bits per heavy atom. The standard InChI is InChI=1S/C8H8FN3/c9-6-1-2-8-11-3-4-12(8)7(6)5-10/h1-4H,5,10H2. The smallest absolute Gasteiger partial charge is 0.144 e. The third-order valence-corrected chi connectivity index (χ3v) is 1.81. The van der Waals surface area contributed by atoms with E-state index in [2.05, 4.69) is 4.98 Å². The summed E-state index contributed by atoms with van der Waals surface area (Å²) in [5.74, 6) is -0.289. The van der Waals surface area contributed by atoms with Gasteiger partial charge in [-0.1, -0.05) is 0 Å².